The van der Waals surface area contributed by atoms with Gasteiger partial charge in [-0.3, -0.25) is 0 Å². The quantitative estimate of drug-likeness (QED) is 0.545. The van der Waals surface area contributed by atoms with Crippen molar-refractivity contribution in [2.45, 2.75) is 17.7 Å². The van der Waals surface area contributed by atoms with Crippen molar-refractivity contribution >= 4 is 33.0 Å². The molecule has 2 N–H and O–H groups in total. The summed E-state index contributed by atoms with van der Waals surface area (Å²) in [5.74, 6) is 0.624. The Kier molecular flexibility index (Phi) is 6.65. The first-order valence-electron chi connectivity index (χ1n) is 8.89. The Hall–Kier alpha value is -2.16. The van der Waals surface area contributed by atoms with Gasteiger partial charge in [0.25, 0.3) is 0 Å². The minimum absolute atomic E-state index is 0.308. The van der Waals surface area contributed by atoms with E-state index in [1.807, 2.05) is 30.3 Å². The van der Waals surface area contributed by atoms with Crippen molar-refractivity contribution in [3.63, 3.8) is 0 Å². The highest BCUT2D eigenvalue weighted by Gasteiger charge is 2.26. The highest BCUT2D eigenvalue weighted by Crippen LogP contribution is 2.22. The molecule has 3 rings (SSSR count). The number of ether oxygens (including phenoxy) is 1. The van der Waals surface area contributed by atoms with Crippen LogP contribution < -0.4 is 15.4 Å². The van der Waals surface area contributed by atoms with Crippen LogP contribution in [0.5, 0.6) is 5.75 Å². The van der Waals surface area contributed by atoms with E-state index >= 15 is 0 Å². The molecule has 8 heteroatoms. The molecule has 2 aromatic carbocycles. The standard InChI is InChI=1S/C19H23N3O3S2/c23-27(24,22-13-4-5-14-22)18-10-8-17(9-11-18)25-15-12-20-19(26)21-16-6-2-1-3-7-16/h1-3,6-11H,4-5,12-15H2,(H2,20,21,26). The van der Waals surface area contributed by atoms with Gasteiger partial charge in [0.2, 0.25) is 10.0 Å². The fourth-order valence-electron chi connectivity index (χ4n) is 2.82. The molecule has 0 aliphatic carbocycles. The van der Waals surface area contributed by atoms with E-state index in [1.54, 1.807) is 24.3 Å². The van der Waals surface area contributed by atoms with Gasteiger partial charge in [0.15, 0.2) is 5.11 Å². The fraction of sp³-hybridized carbons (Fsp3) is 0.316. The molecule has 0 aromatic heterocycles. The highest BCUT2D eigenvalue weighted by atomic mass is 32.2. The van der Waals surface area contributed by atoms with E-state index in [0.717, 1.165) is 18.5 Å². The zero-order chi connectivity index (χ0) is 19.1. The average molecular weight is 406 g/mol. The van der Waals surface area contributed by atoms with Gasteiger partial charge in [-0.15, -0.1) is 0 Å². The Morgan fingerprint density at radius 1 is 1.04 bits per heavy atom. The lowest BCUT2D eigenvalue weighted by Crippen LogP contribution is -2.31. The number of hydrogen-bond acceptors (Lipinski definition) is 4. The second-order valence-electron chi connectivity index (χ2n) is 6.18. The van der Waals surface area contributed by atoms with Crippen LogP contribution in [0, 0.1) is 0 Å². The summed E-state index contributed by atoms with van der Waals surface area (Å²) in [6.07, 6.45) is 1.85. The van der Waals surface area contributed by atoms with Gasteiger partial charge >= 0.3 is 0 Å². The number of thiocarbonyl (C=S) groups is 1. The van der Waals surface area contributed by atoms with Crippen LogP contribution in [0.25, 0.3) is 0 Å². The van der Waals surface area contributed by atoms with Crippen molar-refractivity contribution in [2.75, 3.05) is 31.6 Å². The van der Waals surface area contributed by atoms with Gasteiger partial charge in [0, 0.05) is 18.8 Å². The minimum atomic E-state index is -3.38. The van der Waals surface area contributed by atoms with Crippen molar-refractivity contribution in [1.29, 1.82) is 0 Å². The van der Waals surface area contributed by atoms with Gasteiger partial charge in [0.05, 0.1) is 11.4 Å². The minimum Gasteiger partial charge on any atom is -0.492 e. The lowest BCUT2D eigenvalue weighted by Gasteiger charge is -2.16. The van der Waals surface area contributed by atoms with Gasteiger partial charge in [-0.1, -0.05) is 18.2 Å². The van der Waals surface area contributed by atoms with Crippen LogP contribution >= 0.6 is 12.2 Å². The van der Waals surface area contributed by atoms with E-state index in [2.05, 4.69) is 10.6 Å². The van der Waals surface area contributed by atoms with E-state index in [9.17, 15) is 8.42 Å². The van der Waals surface area contributed by atoms with Gasteiger partial charge in [-0.2, -0.15) is 4.31 Å². The Labute approximate surface area is 165 Å². The van der Waals surface area contributed by atoms with Crippen molar-refractivity contribution in [2.24, 2.45) is 0 Å². The number of sulfonamides is 1. The summed E-state index contributed by atoms with van der Waals surface area (Å²) in [7, 11) is -3.38. The number of nitrogens with one attached hydrogen (secondary N) is 2. The summed E-state index contributed by atoms with van der Waals surface area (Å²) < 4.78 is 32.1. The second-order valence-corrected chi connectivity index (χ2v) is 8.52. The SMILES string of the molecule is O=S(=O)(c1ccc(OCCNC(=S)Nc2ccccc2)cc1)N1CCCC1. The third-order valence-electron chi connectivity index (χ3n) is 4.21. The Morgan fingerprint density at radius 3 is 2.37 bits per heavy atom. The lowest BCUT2D eigenvalue weighted by molar-refractivity contribution is 0.322. The zero-order valence-electron chi connectivity index (χ0n) is 14.9. The molecule has 144 valence electrons. The summed E-state index contributed by atoms with van der Waals surface area (Å²) in [5.41, 5.74) is 0.922. The van der Waals surface area contributed by atoms with Crippen LogP contribution in [0.4, 0.5) is 5.69 Å². The molecular weight excluding hydrogens is 382 g/mol. The molecule has 0 atom stereocenters. The molecule has 0 bridgehead atoms. The van der Waals surface area contributed by atoms with Crippen LogP contribution in [0.3, 0.4) is 0 Å². The summed E-state index contributed by atoms with van der Waals surface area (Å²) in [6, 6.07) is 16.2. The van der Waals surface area contributed by atoms with Crippen LogP contribution in [-0.2, 0) is 10.0 Å². The monoisotopic (exact) mass is 405 g/mol. The molecule has 0 radical (unpaired) electrons. The van der Waals surface area contributed by atoms with Crippen molar-refractivity contribution < 1.29 is 13.2 Å². The summed E-state index contributed by atoms with van der Waals surface area (Å²) in [4.78, 5) is 0.308. The molecule has 1 fully saturated rings. The third-order valence-corrected chi connectivity index (χ3v) is 6.37. The number of rotatable bonds is 7. The fourth-order valence-corrected chi connectivity index (χ4v) is 4.55. The summed E-state index contributed by atoms with van der Waals surface area (Å²) >= 11 is 5.23. The highest BCUT2D eigenvalue weighted by molar-refractivity contribution is 7.89. The first-order chi connectivity index (χ1) is 13.1. The largest absolute Gasteiger partial charge is 0.492 e. The molecular formula is C19H23N3O3S2. The summed E-state index contributed by atoms with van der Waals surface area (Å²) in [5, 5.41) is 6.68. The van der Waals surface area contributed by atoms with Gasteiger partial charge in [-0.25, -0.2) is 8.42 Å². The maximum absolute atomic E-state index is 12.5. The molecule has 27 heavy (non-hydrogen) atoms. The predicted molar refractivity (Wildman–Crippen MR) is 111 cm³/mol. The van der Waals surface area contributed by atoms with Gasteiger partial charge < -0.3 is 15.4 Å². The number of hydrogen-bond donors (Lipinski definition) is 2. The van der Waals surface area contributed by atoms with Crippen LogP contribution in [0.15, 0.2) is 59.5 Å². The molecule has 0 spiro atoms. The van der Waals surface area contributed by atoms with Crippen LogP contribution in [-0.4, -0.2) is 44.1 Å². The number of benzene rings is 2. The molecule has 0 saturated carbocycles. The first kappa shape index (κ1) is 19.6. The van der Waals surface area contributed by atoms with E-state index in [0.29, 0.717) is 42.0 Å². The maximum Gasteiger partial charge on any atom is 0.243 e. The number of para-hydroxylation sites is 1. The number of anilines is 1. The molecule has 1 saturated heterocycles. The topological polar surface area (TPSA) is 70.7 Å². The van der Waals surface area contributed by atoms with E-state index in [1.165, 1.54) is 4.31 Å². The predicted octanol–water partition coefficient (Wildman–Crippen LogP) is 2.84. The molecule has 2 aromatic rings. The Bertz CT molecular complexity index is 850. The van der Waals surface area contributed by atoms with E-state index < -0.39 is 10.0 Å². The molecule has 0 unspecified atom stereocenters. The molecule has 6 nitrogen and oxygen atoms in total. The smallest absolute Gasteiger partial charge is 0.243 e. The first-order valence-corrected chi connectivity index (χ1v) is 10.7. The Balaban J connectivity index is 1.43. The third kappa shape index (κ3) is 5.41. The normalized spacial score (nSPS) is 14.7. The molecule has 1 aliphatic rings. The average Bonchev–Trinajstić information content (AvgIpc) is 3.22. The molecule has 0 amide bonds. The van der Waals surface area contributed by atoms with Crippen molar-refractivity contribution in [1.82, 2.24) is 9.62 Å². The number of nitrogens with zero attached hydrogens (tertiary/aromatic N) is 1. The zero-order valence-corrected chi connectivity index (χ0v) is 16.6. The van der Waals surface area contributed by atoms with Gasteiger partial charge in [0.1, 0.15) is 12.4 Å². The van der Waals surface area contributed by atoms with Crippen LogP contribution in [0.1, 0.15) is 12.8 Å². The van der Waals surface area contributed by atoms with E-state index in [4.69, 9.17) is 17.0 Å². The second kappa shape index (κ2) is 9.16. The van der Waals surface area contributed by atoms with Gasteiger partial charge in [-0.05, 0) is 61.5 Å². The lowest BCUT2D eigenvalue weighted by atomic mass is 10.3. The summed E-state index contributed by atoms with van der Waals surface area (Å²) in [6.45, 7) is 2.15. The maximum atomic E-state index is 12.5. The molecule has 1 heterocycles. The molecule has 1 aliphatic heterocycles. The van der Waals surface area contributed by atoms with Crippen molar-refractivity contribution in [3.05, 3.63) is 54.6 Å². The van der Waals surface area contributed by atoms with Crippen LogP contribution in [0.2, 0.25) is 0 Å². The van der Waals surface area contributed by atoms with Crippen molar-refractivity contribution in [3.8, 4) is 5.75 Å². The van der Waals surface area contributed by atoms with E-state index in [-0.39, 0.29) is 0 Å². The Morgan fingerprint density at radius 2 is 1.70 bits per heavy atom.